The summed E-state index contributed by atoms with van der Waals surface area (Å²) in [6.07, 6.45) is 0.660. The molecule has 7 heteroatoms. The molecular formula is C15H19N3O3S. The number of ether oxygens (including phenoxy) is 1. The minimum atomic E-state index is -0.224. The summed E-state index contributed by atoms with van der Waals surface area (Å²) >= 11 is 1.63. The lowest BCUT2D eigenvalue weighted by molar-refractivity contribution is 0.0674. The predicted molar refractivity (Wildman–Crippen MR) is 82.0 cm³/mol. The number of carbonyl (C=O) groups is 1. The summed E-state index contributed by atoms with van der Waals surface area (Å²) in [4.78, 5) is 16.9. The Balaban J connectivity index is 1.92. The van der Waals surface area contributed by atoms with E-state index < -0.39 is 0 Å². The van der Waals surface area contributed by atoms with Gasteiger partial charge in [0.2, 0.25) is 11.8 Å². The number of hydrogen-bond acceptors (Lipinski definition) is 6. The first-order valence-corrected chi connectivity index (χ1v) is 8.02. The number of hydrogen-bond donors (Lipinski definition) is 0. The second-order valence-electron chi connectivity index (χ2n) is 5.55. The van der Waals surface area contributed by atoms with Gasteiger partial charge in [-0.25, -0.2) is 0 Å². The molecule has 118 valence electrons. The van der Waals surface area contributed by atoms with Gasteiger partial charge in [-0.05, 0) is 19.9 Å². The fourth-order valence-corrected chi connectivity index (χ4v) is 3.79. The molecule has 0 bridgehead atoms. The van der Waals surface area contributed by atoms with E-state index in [2.05, 4.69) is 10.2 Å². The van der Waals surface area contributed by atoms with Crippen LogP contribution in [0.3, 0.4) is 0 Å². The molecule has 3 rings (SSSR count). The van der Waals surface area contributed by atoms with Crippen molar-refractivity contribution in [3.05, 3.63) is 33.2 Å². The normalized spacial score (nSPS) is 21.5. The number of methoxy groups -OCH3 is 1. The average Bonchev–Trinajstić information content (AvgIpc) is 3.16. The van der Waals surface area contributed by atoms with E-state index in [0.717, 1.165) is 15.3 Å². The zero-order valence-electron chi connectivity index (χ0n) is 13.1. The summed E-state index contributed by atoms with van der Waals surface area (Å²) < 4.78 is 11.0. The molecule has 1 aliphatic heterocycles. The van der Waals surface area contributed by atoms with Gasteiger partial charge in [-0.2, -0.15) is 0 Å². The van der Waals surface area contributed by atoms with Gasteiger partial charge in [0.05, 0.1) is 11.7 Å². The molecule has 2 aromatic heterocycles. The summed E-state index contributed by atoms with van der Waals surface area (Å²) in [6.45, 7) is 6.27. The summed E-state index contributed by atoms with van der Waals surface area (Å²) in [6, 6.07) is 1.72. The van der Waals surface area contributed by atoms with E-state index in [9.17, 15) is 4.79 Å². The van der Waals surface area contributed by atoms with Crippen LogP contribution in [0.25, 0.3) is 0 Å². The third-order valence-electron chi connectivity index (χ3n) is 3.96. The number of carbonyl (C=O) groups excluding carboxylic acids is 1. The monoisotopic (exact) mass is 321 g/mol. The van der Waals surface area contributed by atoms with Crippen molar-refractivity contribution >= 4 is 17.2 Å². The Labute approximate surface area is 133 Å². The lowest BCUT2D eigenvalue weighted by Crippen LogP contribution is -2.32. The maximum absolute atomic E-state index is 12.9. The van der Waals surface area contributed by atoms with Crippen molar-refractivity contribution in [3.63, 3.8) is 0 Å². The zero-order chi connectivity index (χ0) is 15.9. The van der Waals surface area contributed by atoms with E-state index in [4.69, 9.17) is 9.15 Å². The van der Waals surface area contributed by atoms with Crippen molar-refractivity contribution in [3.8, 4) is 0 Å². The van der Waals surface area contributed by atoms with Crippen molar-refractivity contribution in [1.82, 2.24) is 15.1 Å². The first-order chi connectivity index (χ1) is 10.5. The van der Waals surface area contributed by atoms with Crippen LogP contribution in [0, 0.1) is 20.8 Å². The van der Waals surface area contributed by atoms with Crippen molar-refractivity contribution in [1.29, 1.82) is 0 Å². The highest BCUT2D eigenvalue weighted by Crippen LogP contribution is 2.35. The number of thiophene rings is 1. The van der Waals surface area contributed by atoms with Gasteiger partial charge in [0.15, 0.2) is 0 Å². The molecule has 2 aromatic rings. The van der Waals surface area contributed by atoms with Crippen LogP contribution in [0.5, 0.6) is 0 Å². The largest absolute Gasteiger partial charge is 0.423 e. The van der Waals surface area contributed by atoms with Gasteiger partial charge in [0.25, 0.3) is 5.91 Å². The highest BCUT2D eigenvalue weighted by molar-refractivity contribution is 7.12. The molecule has 3 heterocycles. The standard InChI is InChI=1S/C15H19N3O3S/c1-8-5-12(9(2)22-8)15(19)18-7-11(20-4)6-13(18)14-17-16-10(3)21-14/h5,11,13H,6-7H2,1-4H3/t11-,13+/m0/s1. The fourth-order valence-electron chi connectivity index (χ4n) is 2.87. The van der Waals surface area contributed by atoms with E-state index in [-0.39, 0.29) is 18.1 Å². The van der Waals surface area contributed by atoms with E-state index in [1.807, 2.05) is 19.9 Å². The van der Waals surface area contributed by atoms with Gasteiger partial charge in [0.1, 0.15) is 6.04 Å². The number of amides is 1. The first-order valence-electron chi connectivity index (χ1n) is 7.20. The molecular weight excluding hydrogens is 302 g/mol. The fraction of sp³-hybridized carbons (Fsp3) is 0.533. The Morgan fingerprint density at radius 2 is 2.18 bits per heavy atom. The number of aromatic nitrogens is 2. The highest BCUT2D eigenvalue weighted by Gasteiger charge is 2.40. The number of aryl methyl sites for hydroxylation is 3. The van der Waals surface area contributed by atoms with Gasteiger partial charge < -0.3 is 14.1 Å². The topological polar surface area (TPSA) is 68.5 Å². The molecule has 1 saturated heterocycles. The average molecular weight is 321 g/mol. The summed E-state index contributed by atoms with van der Waals surface area (Å²) in [5.41, 5.74) is 0.750. The second kappa shape index (κ2) is 5.81. The Kier molecular flexibility index (Phi) is 4.01. The van der Waals surface area contributed by atoms with Gasteiger partial charge >= 0.3 is 0 Å². The summed E-state index contributed by atoms with van der Waals surface area (Å²) in [7, 11) is 1.66. The third-order valence-corrected chi connectivity index (χ3v) is 4.92. The van der Waals surface area contributed by atoms with Crippen molar-refractivity contribution in [2.45, 2.75) is 39.3 Å². The number of nitrogens with zero attached hydrogens (tertiary/aromatic N) is 3. The van der Waals surface area contributed by atoms with E-state index in [1.54, 1.807) is 30.3 Å². The quantitative estimate of drug-likeness (QED) is 0.869. The van der Waals surface area contributed by atoms with Crippen LogP contribution in [0.2, 0.25) is 0 Å². The highest BCUT2D eigenvalue weighted by atomic mass is 32.1. The van der Waals surface area contributed by atoms with Crippen molar-refractivity contribution in [2.24, 2.45) is 0 Å². The third kappa shape index (κ3) is 2.66. The Morgan fingerprint density at radius 1 is 1.41 bits per heavy atom. The molecule has 0 saturated carbocycles. The minimum Gasteiger partial charge on any atom is -0.423 e. The predicted octanol–water partition coefficient (Wildman–Crippen LogP) is 2.66. The van der Waals surface area contributed by atoms with E-state index in [1.165, 1.54) is 0 Å². The van der Waals surface area contributed by atoms with Gasteiger partial charge in [-0.3, -0.25) is 4.79 Å². The van der Waals surface area contributed by atoms with Gasteiger partial charge in [-0.15, -0.1) is 21.5 Å². The smallest absolute Gasteiger partial charge is 0.255 e. The molecule has 0 spiro atoms. The van der Waals surface area contributed by atoms with E-state index in [0.29, 0.717) is 24.7 Å². The van der Waals surface area contributed by atoms with Crippen LogP contribution in [-0.4, -0.2) is 40.8 Å². The number of likely N-dealkylation sites (tertiary alicyclic amines) is 1. The van der Waals surface area contributed by atoms with Crippen LogP contribution in [-0.2, 0) is 4.74 Å². The van der Waals surface area contributed by atoms with Crippen LogP contribution in [0.4, 0.5) is 0 Å². The Hall–Kier alpha value is -1.73. The molecule has 1 fully saturated rings. The molecule has 2 atom stereocenters. The Morgan fingerprint density at radius 3 is 2.73 bits per heavy atom. The van der Waals surface area contributed by atoms with Crippen molar-refractivity contribution in [2.75, 3.05) is 13.7 Å². The first kappa shape index (κ1) is 15.2. The van der Waals surface area contributed by atoms with E-state index >= 15 is 0 Å². The lowest BCUT2D eigenvalue weighted by Gasteiger charge is -2.21. The minimum absolute atomic E-state index is 0.00209. The molecule has 0 aliphatic carbocycles. The molecule has 22 heavy (non-hydrogen) atoms. The summed E-state index contributed by atoms with van der Waals surface area (Å²) in [5, 5.41) is 7.96. The second-order valence-corrected chi connectivity index (χ2v) is 7.01. The van der Waals surface area contributed by atoms with Crippen LogP contribution < -0.4 is 0 Å². The van der Waals surface area contributed by atoms with Gasteiger partial charge in [-0.1, -0.05) is 0 Å². The van der Waals surface area contributed by atoms with Gasteiger partial charge in [0, 0.05) is 36.8 Å². The van der Waals surface area contributed by atoms with Crippen LogP contribution >= 0.6 is 11.3 Å². The molecule has 0 N–H and O–H groups in total. The maximum atomic E-state index is 12.9. The van der Waals surface area contributed by atoms with Crippen LogP contribution in [0.1, 0.15) is 44.4 Å². The lowest BCUT2D eigenvalue weighted by atomic mass is 10.1. The molecule has 0 unspecified atom stereocenters. The van der Waals surface area contributed by atoms with Crippen molar-refractivity contribution < 1.29 is 13.9 Å². The molecule has 6 nitrogen and oxygen atoms in total. The SMILES string of the molecule is CO[C@H]1C[C@H](c2nnc(C)o2)N(C(=O)c2cc(C)sc2C)C1. The molecule has 0 aromatic carbocycles. The molecule has 1 amide bonds. The summed E-state index contributed by atoms with van der Waals surface area (Å²) in [5.74, 6) is 0.989. The van der Waals surface area contributed by atoms with Crippen LogP contribution in [0.15, 0.2) is 10.5 Å². The maximum Gasteiger partial charge on any atom is 0.255 e. The zero-order valence-corrected chi connectivity index (χ0v) is 13.9. The molecule has 0 radical (unpaired) electrons. The molecule has 1 aliphatic rings. The Bertz CT molecular complexity index is 694. The number of rotatable bonds is 3.